The van der Waals surface area contributed by atoms with Crippen LogP contribution in [0.4, 0.5) is 4.79 Å². The summed E-state index contributed by atoms with van der Waals surface area (Å²) in [7, 11) is 0. The van der Waals surface area contributed by atoms with E-state index in [0.717, 1.165) is 5.56 Å². The van der Waals surface area contributed by atoms with Crippen LogP contribution >= 0.6 is 0 Å². The first-order valence-electron chi connectivity index (χ1n) is 6.21. The zero-order valence-corrected chi connectivity index (χ0v) is 10.8. The van der Waals surface area contributed by atoms with E-state index in [0.29, 0.717) is 6.29 Å². The predicted octanol–water partition coefficient (Wildman–Crippen LogP) is 2.25. The van der Waals surface area contributed by atoms with Crippen molar-refractivity contribution in [2.24, 2.45) is 0 Å². The van der Waals surface area contributed by atoms with Gasteiger partial charge in [-0.25, -0.2) is 4.79 Å². The van der Waals surface area contributed by atoms with Gasteiger partial charge in [-0.05, 0) is 17.7 Å². The standard InChI is InChI=1S/C15H15NO4/c17-10-9-16(14-8-4-5-11-19-14)15(18)20-12-13-6-2-1-3-7-13/h1-8,10-11,14H,9,12H2. The third kappa shape index (κ3) is 3.71. The smallest absolute Gasteiger partial charge is 0.413 e. The largest absolute Gasteiger partial charge is 0.474 e. The van der Waals surface area contributed by atoms with Crippen molar-refractivity contribution in [3.63, 3.8) is 0 Å². The summed E-state index contributed by atoms with van der Waals surface area (Å²) in [5, 5.41) is 0. The lowest BCUT2D eigenvalue weighted by molar-refractivity contribution is -0.110. The number of hydrogen-bond donors (Lipinski definition) is 0. The van der Waals surface area contributed by atoms with Gasteiger partial charge >= 0.3 is 6.09 Å². The molecular formula is C15H15NO4. The number of amides is 1. The van der Waals surface area contributed by atoms with E-state index in [1.165, 1.54) is 11.2 Å². The van der Waals surface area contributed by atoms with Gasteiger partial charge in [-0.3, -0.25) is 4.90 Å². The van der Waals surface area contributed by atoms with Crippen molar-refractivity contribution in [2.75, 3.05) is 6.54 Å². The molecule has 1 aromatic carbocycles. The fraction of sp³-hybridized carbons (Fsp3) is 0.200. The Morgan fingerprint density at radius 2 is 2.10 bits per heavy atom. The van der Waals surface area contributed by atoms with Gasteiger partial charge in [0.25, 0.3) is 0 Å². The second-order valence-corrected chi connectivity index (χ2v) is 4.10. The maximum Gasteiger partial charge on any atom is 0.413 e. The van der Waals surface area contributed by atoms with E-state index < -0.39 is 12.3 Å². The van der Waals surface area contributed by atoms with E-state index in [-0.39, 0.29) is 13.2 Å². The number of aldehydes is 1. The van der Waals surface area contributed by atoms with Gasteiger partial charge in [0, 0.05) is 0 Å². The van der Waals surface area contributed by atoms with Crippen molar-refractivity contribution in [2.45, 2.75) is 12.8 Å². The Morgan fingerprint density at radius 1 is 1.30 bits per heavy atom. The quantitative estimate of drug-likeness (QED) is 0.772. The van der Waals surface area contributed by atoms with Crippen LogP contribution < -0.4 is 0 Å². The van der Waals surface area contributed by atoms with Gasteiger partial charge in [0.2, 0.25) is 0 Å². The third-order valence-corrected chi connectivity index (χ3v) is 2.70. The second-order valence-electron chi connectivity index (χ2n) is 4.10. The fourth-order valence-corrected chi connectivity index (χ4v) is 1.72. The van der Waals surface area contributed by atoms with E-state index in [1.807, 2.05) is 30.3 Å². The molecule has 1 amide bonds. The zero-order valence-electron chi connectivity index (χ0n) is 10.8. The van der Waals surface area contributed by atoms with Crippen molar-refractivity contribution in [1.29, 1.82) is 0 Å². The minimum absolute atomic E-state index is 0.0868. The molecule has 0 saturated heterocycles. The molecule has 0 bridgehead atoms. The lowest BCUT2D eigenvalue weighted by Crippen LogP contribution is -2.42. The molecule has 0 spiro atoms. The number of hydrogen-bond acceptors (Lipinski definition) is 4. The maximum atomic E-state index is 12.0. The van der Waals surface area contributed by atoms with Gasteiger partial charge in [0.15, 0.2) is 6.23 Å². The Morgan fingerprint density at radius 3 is 2.75 bits per heavy atom. The number of rotatable bonds is 5. The number of benzene rings is 1. The molecule has 0 aliphatic carbocycles. The van der Waals surface area contributed by atoms with Crippen LogP contribution in [0.5, 0.6) is 0 Å². The van der Waals surface area contributed by atoms with E-state index >= 15 is 0 Å². The highest BCUT2D eigenvalue weighted by molar-refractivity contribution is 5.72. The van der Waals surface area contributed by atoms with Gasteiger partial charge in [-0.2, -0.15) is 0 Å². The molecule has 2 rings (SSSR count). The highest BCUT2D eigenvalue weighted by Crippen LogP contribution is 2.11. The summed E-state index contributed by atoms with van der Waals surface area (Å²) < 4.78 is 10.5. The first kappa shape index (κ1) is 13.9. The molecule has 104 valence electrons. The minimum atomic E-state index is -0.617. The van der Waals surface area contributed by atoms with Crippen LogP contribution in [0.3, 0.4) is 0 Å². The molecule has 1 aliphatic heterocycles. The van der Waals surface area contributed by atoms with Crippen molar-refractivity contribution >= 4 is 12.4 Å². The lowest BCUT2D eigenvalue weighted by atomic mass is 10.2. The van der Waals surface area contributed by atoms with Crippen LogP contribution in [-0.4, -0.2) is 30.1 Å². The topological polar surface area (TPSA) is 55.8 Å². The Labute approximate surface area is 117 Å². The maximum absolute atomic E-state index is 12.0. The number of allylic oxidation sites excluding steroid dienone is 2. The zero-order chi connectivity index (χ0) is 14.2. The van der Waals surface area contributed by atoms with Crippen molar-refractivity contribution < 1.29 is 19.1 Å². The molecule has 0 N–H and O–H groups in total. The minimum Gasteiger partial charge on any atom is -0.474 e. The normalized spacial score (nSPS) is 16.3. The van der Waals surface area contributed by atoms with Gasteiger partial charge in [-0.1, -0.05) is 36.4 Å². The number of carbonyl (C=O) groups excluding carboxylic acids is 2. The molecule has 1 atom stereocenters. The summed E-state index contributed by atoms with van der Waals surface area (Å²) in [6, 6.07) is 9.33. The second kappa shape index (κ2) is 7.13. The van der Waals surface area contributed by atoms with Crippen molar-refractivity contribution in [1.82, 2.24) is 4.90 Å². The summed E-state index contributed by atoms with van der Waals surface area (Å²) in [4.78, 5) is 23.9. The van der Waals surface area contributed by atoms with E-state index in [9.17, 15) is 9.59 Å². The highest BCUT2D eigenvalue weighted by Gasteiger charge is 2.24. The summed E-state index contributed by atoms with van der Waals surface area (Å²) in [5.41, 5.74) is 0.881. The van der Waals surface area contributed by atoms with Gasteiger partial charge < -0.3 is 14.3 Å². The van der Waals surface area contributed by atoms with Crippen LogP contribution in [-0.2, 0) is 20.9 Å². The average molecular weight is 273 g/mol. The summed E-state index contributed by atoms with van der Waals surface area (Å²) in [6.45, 7) is 0.0672. The molecule has 1 aliphatic rings. The average Bonchev–Trinajstić information content (AvgIpc) is 2.52. The van der Waals surface area contributed by atoms with E-state index in [1.54, 1.807) is 18.2 Å². The monoisotopic (exact) mass is 273 g/mol. The first-order valence-corrected chi connectivity index (χ1v) is 6.21. The van der Waals surface area contributed by atoms with Crippen LogP contribution in [0.25, 0.3) is 0 Å². The molecule has 20 heavy (non-hydrogen) atoms. The predicted molar refractivity (Wildman–Crippen MR) is 72.6 cm³/mol. The van der Waals surface area contributed by atoms with Gasteiger partial charge in [0.1, 0.15) is 12.9 Å². The summed E-state index contributed by atoms with van der Waals surface area (Å²) >= 11 is 0. The molecule has 1 unspecified atom stereocenters. The van der Waals surface area contributed by atoms with Gasteiger partial charge in [-0.15, -0.1) is 0 Å². The van der Waals surface area contributed by atoms with Crippen molar-refractivity contribution in [3.8, 4) is 0 Å². The number of nitrogens with zero attached hydrogens (tertiary/aromatic N) is 1. The molecule has 0 fully saturated rings. The fourth-order valence-electron chi connectivity index (χ4n) is 1.72. The molecule has 0 radical (unpaired) electrons. The highest BCUT2D eigenvalue weighted by atomic mass is 16.6. The molecule has 1 aromatic rings. The lowest BCUT2D eigenvalue weighted by Gasteiger charge is -2.27. The molecular weight excluding hydrogens is 258 g/mol. The first-order chi connectivity index (χ1) is 9.81. The van der Waals surface area contributed by atoms with Crippen LogP contribution in [0, 0.1) is 0 Å². The van der Waals surface area contributed by atoms with Crippen LogP contribution in [0.15, 0.2) is 54.8 Å². The molecule has 1 heterocycles. The van der Waals surface area contributed by atoms with Crippen LogP contribution in [0.1, 0.15) is 5.56 Å². The number of ether oxygens (including phenoxy) is 2. The summed E-state index contributed by atoms with van der Waals surface area (Å²) in [6.07, 6.45) is 6.01. The molecule has 5 nitrogen and oxygen atoms in total. The van der Waals surface area contributed by atoms with Crippen LogP contribution in [0.2, 0.25) is 0 Å². The summed E-state index contributed by atoms with van der Waals surface area (Å²) in [5.74, 6) is 0. The Balaban J connectivity index is 1.94. The molecule has 0 saturated carbocycles. The Bertz CT molecular complexity index is 510. The SMILES string of the molecule is O=CCN(C(=O)OCc1ccccc1)C1C=CC=CO1. The van der Waals surface area contributed by atoms with Gasteiger partial charge in [0.05, 0.1) is 12.8 Å². The van der Waals surface area contributed by atoms with Crippen molar-refractivity contribution in [3.05, 3.63) is 60.4 Å². The molecule has 0 aromatic heterocycles. The Hall–Kier alpha value is -2.56. The van der Waals surface area contributed by atoms with E-state index in [4.69, 9.17) is 9.47 Å². The number of carbonyl (C=O) groups is 2. The van der Waals surface area contributed by atoms with E-state index in [2.05, 4.69) is 0 Å². The third-order valence-electron chi connectivity index (χ3n) is 2.70. The molecule has 5 heteroatoms. The Kier molecular flexibility index (Phi) is 4.94.